The lowest BCUT2D eigenvalue weighted by atomic mass is 10.0. The number of aromatic nitrogens is 2. The van der Waals surface area contributed by atoms with Crippen molar-refractivity contribution in [3.8, 4) is 11.4 Å². The molecule has 0 bridgehead atoms. The van der Waals surface area contributed by atoms with Gasteiger partial charge < -0.3 is 15.0 Å². The number of benzene rings is 1. The number of likely N-dealkylation sites (tertiary alicyclic amines) is 1. The summed E-state index contributed by atoms with van der Waals surface area (Å²) in [6, 6.07) is 4.19. The molecular weight excluding hydrogens is 363 g/mol. The topological polar surface area (TPSA) is 86.3 Å². The van der Waals surface area contributed by atoms with E-state index in [1.54, 1.807) is 13.8 Å². The van der Waals surface area contributed by atoms with Crippen molar-refractivity contribution < 1.29 is 27.9 Å². The van der Waals surface area contributed by atoms with E-state index >= 15 is 0 Å². The highest BCUT2D eigenvalue weighted by Gasteiger charge is 2.39. The average molecular weight is 381 g/mol. The second kappa shape index (κ2) is 6.71. The molecule has 1 aromatic carbocycles. The number of rotatable bonds is 3. The molecular formula is C18H18F3N3O3. The largest absolute Gasteiger partial charge is 0.481 e. The van der Waals surface area contributed by atoms with Crippen LogP contribution in [0.3, 0.4) is 0 Å². The van der Waals surface area contributed by atoms with Crippen molar-refractivity contribution >= 4 is 11.9 Å². The Labute approximate surface area is 153 Å². The van der Waals surface area contributed by atoms with Gasteiger partial charge >= 0.3 is 12.1 Å². The third-order valence-corrected chi connectivity index (χ3v) is 4.88. The predicted molar refractivity (Wildman–Crippen MR) is 90.0 cm³/mol. The molecule has 6 nitrogen and oxygen atoms in total. The molecule has 1 aliphatic rings. The second-order valence-corrected chi connectivity index (χ2v) is 6.61. The predicted octanol–water partition coefficient (Wildman–Crippen LogP) is 3.34. The van der Waals surface area contributed by atoms with Crippen molar-refractivity contribution in [2.24, 2.45) is 5.92 Å². The molecule has 27 heavy (non-hydrogen) atoms. The number of carbonyl (C=O) groups excluding carboxylic acids is 1. The molecule has 1 saturated heterocycles. The lowest BCUT2D eigenvalue weighted by Gasteiger charge is -2.22. The number of carbonyl (C=O) groups is 2. The molecule has 2 N–H and O–H groups in total. The highest BCUT2D eigenvalue weighted by atomic mass is 19.4. The van der Waals surface area contributed by atoms with Gasteiger partial charge in [-0.1, -0.05) is 12.1 Å². The Kier molecular flexibility index (Phi) is 4.71. The van der Waals surface area contributed by atoms with Crippen LogP contribution in [0.5, 0.6) is 0 Å². The van der Waals surface area contributed by atoms with Gasteiger partial charge in [0.2, 0.25) is 0 Å². The van der Waals surface area contributed by atoms with Crippen LogP contribution in [0.15, 0.2) is 24.3 Å². The number of alkyl halides is 3. The molecule has 0 radical (unpaired) electrons. The number of hydrogen-bond acceptors (Lipinski definition) is 3. The summed E-state index contributed by atoms with van der Waals surface area (Å²) in [5, 5.41) is 9.20. The molecule has 144 valence electrons. The number of nitrogens with one attached hydrogen (secondary N) is 1. The number of aromatic amines is 1. The number of H-pyrrole nitrogens is 1. The van der Waals surface area contributed by atoms with Gasteiger partial charge in [-0.2, -0.15) is 13.2 Å². The van der Waals surface area contributed by atoms with Crippen LogP contribution in [0.2, 0.25) is 0 Å². The van der Waals surface area contributed by atoms with E-state index in [0.717, 1.165) is 12.1 Å². The van der Waals surface area contributed by atoms with Gasteiger partial charge in [-0.3, -0.25) is 9.59 Å². The van der Waals surface area contributed by atoms with Gasteiger partial charge in [-0.05, 0) is 32.4 Å². The number of imidazole rings is 1. The molecule has 0 aliphatic carbocycles. The van der Waals surface area contributed by atoms with Crippen molar-refractivity contribution in [1.29, 1.82) is 0 Å². The molecule has 0 spiro atoms. The fraction of sp³-hybridized carbons (Fsp3) is 0.389. The minimum absolute atomic E-state index is 0.0836. The minimum atomic E-state index is -4.48. The van der Waals surface area contributed by atoms with Crippen molar-refractivity contribution in [3.63, 3.8) is 0 Å². The maximum absolute atomic E-state index is 12.9. The Morgan fingerprint density at radius 3 is 2.63 bits per heavy atom. The standard InChI is InChI=1S/C18H18F3N3O3/c1-9-14(16(25)24-7-6-13(10(24)2)17(26)27)23-15(22-9)11-4-3-5-12(8-11)18(19,20)21/h3-5,8,10,13H,6-7H2,1-2H3,(H,22,23)(H,26,27). The molecule has 2 unspecified atom stereocenters. The van der Waals surface area contributed by atoms with Crippen LogP contribution in [0, 0.1) is 12.8 Å². The number of aryl methyl sites for hydroxylation is 1. The summed E-state index contributed by atoms with van der Waals surface area (Å²) in [5.74, 6) is -1.88. The van der Waals surface area contributed by atoms with E-state index in [1.165, 1.54) is 17.0 Å². The maximum Gasteiger partial charge on any atom is 0.416 e. The summed E-state index contributed by atoms with van der Waals surface area (Å²) in [6.07, 6.45) is -4.13. The summed E-state index contributed by atoms with van der Waals surface area (Å²) in [6.45, 7) is 3.56. The summed E-state index contributed by atoms with van der Waals surface area (Å²) >= 11 is 0. The van der Waals surface area contributed by atoms with E-state index < -0.39 is 35.6 Å². The Morgan fingerprint density at radius 2 is 2.04 bits per heavy atom. The molecule has 1 amide bonds. The van der Waals surface area contributed by atoms with Crippen LogP contribution in [0.1, 0.15) is 35.1 Å². The fourth-order valence-corrected chi connectivity index (χ4v) is 3.34. The van der Waals surface area contributed by atoms with Gasteiger partial charge in [-0.25, -0.2) is 4.98 Å². The van der Waals surface area contributed by atoms with E-state index in [2.05, 4.69) is 9.97 Å². The molecule has 0 saturated carbocycles. The Bertz CT molecular complexity index is 891. The first-order chi connectivity index (χ1) is 12.6. The monoisotopic (exact) mass is 381 g/mol. The van der Waals surface area contributed by atoms with Crippen molar-refractivity contribution in [3.05, 3.63) is 41.2 Å². The zero-order valence-corrected chi connectivity index (χ0v) is 14.7. The molecule has 9 heteroatoms. The van der Waals surface area contributed by atoms with E-state index in [9.17, 15) is 27.9 Å². The number of amides is 1. The van der Waals surface area contributed by atoms with Gasteiger partial charge in [0.1, 0.15) is 11.5 Å². The number of nitrogens with zero attached hydrogens (tertiary/aromatic N) is 2. The van der Waals surface area contributed by atoms with Crippen LogP contribution in [0.4, 0.5) is 13.2 Å². The molecule has 2 atom stereocenters. The van der Waals surface area contributed by atoms with E-state index in [1.807, 2.05) is 0 Å². The number of carboxylic acids is 1. The molecule has 2 aromatic rings. The highest BCUT2D eigenvalue weighted by molar-refractivity contribution is 5.95. The molecule has 1 fully saturated rings. The minimum Gasteiger partial charge on any atom is -0.481 e. The quantitative estimate of drug-likeness (QED) is 0.854. The first-order valence-electron chi connectivity index (χ1n) is 8.37. The van der Waals surface area contributed by atoms with Gasteiger partial charge in [0.15, 0.2) is 0 Å². The van der Waals surface area contributed by atoms with Crippen LogP contribution in [0.25, 0.3) is 11.4 Å². The summed E-state index contributed by atoms with van der Waals surface area (Å²) in [4.78, 5) is 32.5. The second-order valence-electron chi connectivity index (χ2n) is 6.61. The Hall–Kier alpha value is -2.84. The van der Waals surface area contributed by atoms with Crippen LogP contribution < -0.4 is 0 Å². The van der Waals surface area contributed by atoms with Gasteiger partial charge in [-0.15, -0.1) is 0 Å². The third-order valence-electron chi connectivity index (χ3n) is 4.88. The van der Waals surface area contributed by atoms with E-state index in [4.69, 9.17) is 0 Å². The molecule has 3 rings (SSSR count). The molecule has 2 heterocycles. The van der Waals surface area contributed by atoms with Crippen LogP contribution in [-0.4, -0.2) is 44.4 Å². The first kappa shape index (κ1) is 18.9. The average Bonchev–Trinajstić information content (AvgIpc) is 3.17. The summed E-state index contributed by atoms with van der Waals surface area (Å²) in [7, 11) is 0. The van der Waals surface area contributed by atoms with Crippen LogP contribution in [-0.2, 0) is 11.0 Å². The number of aliphatic carboxylic acids is 1. The highest BCUT2D eigenvalue weighted by Crippen LogP contribution is 2.32. The molecule has 1 aliphatic heterocycles. The lowest BCUT2D eigenvalue weighted by molar-refractivity contribution is -0.142. The first-order valence-corrected chi connectivity index (χ1v) is 8.37. The fourth-order valence-electron chi connectivity index (χ4n) is 3.34. The number of halogens is 3. The van der Waals surface area contributed by atoms with Crippen molar-refractivity contribution in [1.82, 2.24) is 14.9 Å². The van der Waals surface area contributed by atoms with Crippen LogP contribution >= 0.6 is 0 Å². The SMILES string of the molecule is Cc1[nH]c(-c2cccc(C(F)(F)F)c2)nc1C(=O)N1CCC(C(=O)O)C1C. The van der Waals surface area contributed by atoms with E-state index in [-0.39, 0.29) is 17.1 Å². The summed E-state index contributed by atoms with van der Waals surface area (Å²) < 4.78 is 38.7. The van der Waals surface area contributed by atoms with E-state index in [0.29, 0.717) is 18.7 Å². The van der Waals surface area contributed by atoms with Gasteiger partial charge in [0.05, 0.1) is 11.5 Å². The van der Waals surface area contributed by atoms with Gasteiger partial charge in [0, 0.05) is 23.8 Å². The Morgan fingerprint density at radius 1 is 1.33 bits per heavy atom. The number of carboxylic acid groups (broad SMARTS) is 1. The zero-order chi connectivity index (χ0) is 19.9. The Balaban J connectivity index is 1.89. The summed E-state index contributed by atoms with van der Waals surface area (Å²) in [5.41, 5.74) is -0.0945. The smallest absolute Gasteiger partial charge is 0.416 e. The lowest BCUT2D eigenvalue weighted by Crippen LogP contribution is -2.38. The van der Waals surface area contributed by atoms with Crippen molar-refractivity contribution in [2.75, 3.05) is 6.54 Å². The van der Waals surface area contributed by atoms with Crippen molar-refractivity contribution in [2.45, 2.75) is 32.5 Å². The van der Waals surface area contributed by atoms with Gasteiger partial charge in [0.25, 0.3) is 5.91 Å². The molecule has 1 aromatic heterocycles. The maximum atomic E-state index is 12.9. The third kappa shape index (κ3) is 3.54. The normalized spacial score (nSPS) is 20.1. The zero-order valence-electron chi connectivity index (χ0n) is 14.7. The number of hydrogen-bond donors (Lipinski definition) is 2.